The normalized spacial score (nSPS) is 19.3. The smallest absolute Gasteiger partial charge is 0.00191 e. The van der Waals surface area contributed by atoms with Crippen molar-refractivity contribution in [3.8, 4) is 0 Å². The molecule has 0 unspecified atom stereocenters. The van der Waals surface area contributed by atoms with E-state index in [2.05, 4.69) is 42.3 Å². The van der Waals surface area contributed by atoms with E-state index < -0.39 is 0 Å². The van der Waals surface area contributed by atoms with E-state index in [0.717, 1.165) is 5.92 Å². The van der Waals surface area contributed by atoms with E-state index in [9.17, 15) is 0 Å². The van der Waals surface area contributed by atoms with Gasteiger partial charge in [0, 0.05) is 0 Å². The van der Waals surface area contributed by atoms with Crippen molar-refractivity contribution in [2.45, 2.75) is 25.7 Å². The summed E-state index contributed by atoms with van der Waals surface area (Å²) < 4.78 is 0. The van der Waals surface area contributed by atoms with Gasteiger partial charge in [-0.15, -0.1) is 0 Å². The molecule has 0 aromatic heterocycles. The van der Waals surface area contributed by atoms with Crippen LogP contribution in [0.4, 0.5) is 0 Å². The van der Waals surface area contributed by atoms with Gasteiger partial charge in [-0.05, 0) is 57.3 Å². The molecule has 2 rings (SSSR count). The Bertz CT molecular complexity index is 273. The van der Waals surface area contributed by atoms with Gasteiger partial charge in [0.15, 0.2) is 0 Å². The third-order valence-electron chi connectivity index (χ3n) is 3.52. The molecule has 1 aliphatic heterocycles. The lowest BCUT2D eigenvalue weighted by molar-refractivity contribution is 0.212. The van der Waals surface area contributed by atoms with Crippen LogP contribution in [0.2, 0.25) is 0 Å². The maximum Gasteiger partial charge on any atom is -0.00191 e. The number of benzene rings is 1. The molecule has 0 aliphatic carbocycles. The van der Waals surface area contributed by atoms with E-state index in [4.69, 9.17) is 0 Å². The van der Waals surface area contributed by atoms with Gasteiger partial charge in [-0.25, -0.2) is 0 Å². The van der Waals surface area contributed by atoms with Gasteiger partial charge in [0.1, 0.15) is 0 Å². The third kappa shape index (κ3) is 3.35. The molecule has 1 nitrogen and oxygen atoms in total. The molecule has 0 atom stereocenters. The molecule has 82 valence electrons. The Labute approximate surface area is 93.1 Å². The number of nitrogens with zero attached hydrogens (tertiary/aromatic N) is 1. The van der Waals surface area contributed by atoms with Gasteiger partial charge < -0.3 is 4.90 Å². The summed E-state index contributed by atoms with van der Waals surface area (Å²) in [6, 6.07) is 10.9. The molecule has 1 fully saturated rings. The standard InChI is InChI=1S/C14H21N/c1-15-11-9-14(10-12-15)8-7-13-5-3-2-4-6-13/h2-6,14H,7-12H2,1H3. The Morgan fingerprint density at radius 1 is 1.13 bits per heavy atom. The van der Waals surface area contributed by atoms with E-state index in [0.29, 0.717) is 0 Å². The Kier molecular flexibility index (Phi) is 3.79. The van der Waals surface area contributed by atoms with Crippen LogP contribution < -0.4 is 0 Å². The summed E-state index contributed by atoms with van der Waals surface area (Å²) in [7, 11) is 2.23. The number of hydrogen-bond acceptors (Lipinski definition) is 1. The highest BCUT2D eigenvalue weighted by molar-refractivity contribution is 5.14. The van der Waals surface area contributed by atoms with Gasteiger partial charge >= 0.3 is 0 Å². The summed E-state index contributed by atoms with van der Waals surface area (Å²) in [5.74, 6) is 0.960. The van der Waals surface area contributed by atoms with Crippen LogP contribution in [-0.4, -0.2) is 25.0 Å². The highest BCUT2D eigenvalue weighted by Crippen LogP contribution is 2.21. The third-order valence-corrected chi connectivity index (χ3v) is 3.52. The number of aryl methyl sites for hydroxylation is 1. The molecule has 1 heteroatoms. The second-order valence-electron chi connectivity index (χ2n) is 4.77. The summed E-state index contributed by atoms with van der Waals surface area (Å²) >= 11 is 0. The van der Waals surface area contributed by atoms with Gasteiger partial charge in [-0.2, -0.15) is 0 Å². The zero-order valence-electron chi connectivity index (χ0n) is 9.65. The Balaban J connectivity index is 1.74. The van der Waals surface area contributed by atoms with Crippen molar-refractivity contribution in [1.82, 2.24) is 4.90 Å². The minimum Gasteiger partial charge on any atom is -0.306 e. The maximum absolute atomic E-state index is 2.44. The van der Waals surface area contributed by atoms with Crippen LogP contribution in [0.25, 0.3) is 0 Å². The molecule has 0 amide bonds. The first-order chi connectivity index (χ1) is 7.34. The minimum absolute atomic E-state index is 0.960. The highest BCUT2D eigenvalue weighted by atomic mass is 15.1. The topological polar surface area (TPSA) is 3.24 Å². The van der Waals surface area contributed by atoms with E-state index in [-0.39, 0.29) is 0 Å². The monoisotopic (exact) mass is 203 g/mol. The van der Waals surface area contributed by atoms with Gasteiger partial charge in [-0.3, -0.25) is 0 Å². The second kappa shape index (κ2) is 5.32. The van der Waals surface area contributed by atoms with Gasteiger partial charge in [-0.1, -0.05) is 30.3 Å². The number of rotatable bonds is 3. The van der Waals surface area contributed by atoms with E-state index in [1.807, 2.05) is 0 Å². The lowest BCUT2D eigenvalue weighted by Crippen LogP contribution is -2.30. The van der Waals surface area contributed by atoms with Crippen LogP contribution in [0.1, 0.15) is 24.8 Å². The fourth-order valence-corrected chi connectivity index (χ4v) is 2.37. The average Bonchev–Trinajstić information content (AvgIpc) is 2.30. The lowest BCUT2D eigenvalue weighted by atomic mass is 9.91. The molecule has 1 saturated heterocycles. The molecule has 0 N–H and O–H groups in total. The zero-order chi connectivity index (χ0) is 10.5. The maximum atomic E-state index is 2.44. The molecule has 1 heterocycles. The van der Waals surface area contributed by atoms with E-state index in [1.54, 1.807) is 0 Å². The summed E-state index contributed by atoms with van der Waals surface area (Å²) in [5, 5.41) is 0. The van der Waals surface area contributed by atoms with Crippen LogP contribution >= 0.6 is 0 Å². The van der Waals surface area contributed by atoms with Crippen molar-refractivity contribution in [3.63, 3.8) is 0 Å². The molecular weight excluding hydrogens is 182 g/mol. The summed E-state index contributed by atoms with van der Waals surface area (Å²) in [4.78, 5) is 2.44. The number of hydrogen-bond donors (Lipinski definition) is 0. The van der Waals surface area contributed by atoms with E-state index in [1.165, 1.54) is 44.3 Å². The first-order valence-electron chi connectivity index (χ1n) is 6.07. The highest BCUT2D eigenvalue weighted by Gasteiger charge is 2.15. The Morgan fingerprint density at radius 3 is 2.47 bits per heavy atom. The van der Waals surface area contributed by atoms with Crippen molar-refractivity contribution in [1.29, 1.82) is 0 Å². The van der Waals surface area contributed by atoms with Crippen LogP contribution in [0.15, 0.2) is 30.3 Å². The fourth-order valence-electron chi connectivity index (χ4n) is 2.37. The fraction of sp³-hybridized carbons (Fsp3) is 0.571. The van der Waals surface area contributed by atoms with Gasteiger partial charge in [0.25, 0.3) is 0 Å². The Hall–Kier alpha value is -0.820. The quantitative estimate of drug-likeness (QED) is 0.730. The number of piperidine rings is 1. The lowest BCUT2D eigenvalue weighted by Gasteiger charge is -2.28. The average molecular weight is 203 g/mol. The SMILES string of the molecule is CN1CCC(CCc2ccccc2)CC1. The number of likely N-dealkylation sites (tertiary alicyclic amines) is 1. The molecule has 1 aliphatic rings. The second-order valence-corrected chi connectivity index (χ2v) is 4.77. The summed E-state index contributed by atoms with van der Waals surface area (Å²) in [6.45, 7) is 2.58. The van der Waals surface area contributed by atoms with Crippen molar-refractivity contribution in [2.24, 2.45) is 5.92 Å². The van der Waals surface area contributed by atoms with Crippen LogP contribution in [0, 0.1) is 5.92 Å². The summed E-state index contributed by atoms with van der Waals surface area (Å²) in [6.07, 6.45) is 5.42. The van der Waals surface area contributed by atoms with Crippen molar-refractivity contribution in [3.05, 3.63) is 35.9 Å². The van der Waals surface area contributed by atoms with Gasteiger partial charge in [0.2, 0.25) is 0 Å². The molecule has 0 radical (unpaired) electrons. The first kappa shape index (κ1) is 10.7. The Morgan fingerprint density at radius 2 is 1.80 bits per heavy atom. The van der Waals surface area contributed by atoms with Crippen molar-refractivity contribution in [2.75, 3.05) is 20.1 Å². The molecule has 0 saturated carbocycles. The first-order valence-corrected chi connectivity index (χ1v) is 6.07. The van der Waals surface area contributed by atoms with Crippen molar-refractivity contribution < 1.29 is 0 Å². The molecule has 1 aromatic rings. The largest absolute Gasteiger partial charge is 0.306 e. The minimum atomic E-state index is 0.960. The zero-order valence-corrected chi connectivity index (χ0v) is 9.65. The van der Waals surface area contributed by atoms with Crippen LogP contribution in [0.5, 0.6) is 0 Å². The van der Waals surface area contributed by atoms with Crippen LogP contribution in [0.3, 0.4) is 0 Å². The summed E-state index contributed by atoms with van der Waals surface area (Å²) in [5.41, 5.74) is 1.50. The molecule has 0 bridgehead atoms. The predicted octanol–water partition coefficient (Wildman–Crippen LogP) is 2.96. The predicted molar refractivity (Wildman–Crippen MR) is 65.0 cm³/mol. The molecule has 0 spiro atoms. The molecular formula is C14H21N. The van der Waals surface area contributed by atoms with Crippen molar-refractivity contribution >= 4 is 0 Å². The van der Waals surface area contributed by atoms with Crippen LogP contribution in [-0.2, 0) is 6.42 Å². The van der Waals surface area contributed by atoms with E-state index >= 15 is 0 Å². The van der Waals surface area contributed by atoms with Gasteiger partial charge in [0.05, 0.1) is 0 Å². The molecule has 15 heavy (non-hydrogen) atoms. The molecule has 1 aromatic carbocycles.